The summed E-state index contributed by atoms with van der Waals surface area (Å²) in [4.78, 5) is 24.7. The molecular formula is C25H41BF2O3. The van der Waals surface area contributed by atoms with E-state index in [1.54, 1.807) is 13.8 Å². The monoisotopic (exact) mass is 438 g/mol. The van der Waals surface area contributed by atoms with E-state index in [1.165, 1.54) is 20.8 Å². The van der Waals surface area contributed by atoms with Gasteiger partial charge in [0, 0.05) is 10.7 Å². The first-order valence-electron chi connectivity index (χ1n) is 10.9. The normalized spacial score (nSPS) is 27.3. The Balaban J connectivity index is 3.48. The van der Waals surface area contributed by atoms with Gasteiger partial charge in [-0.15, -0.1) is 0 Å². The van der Waals surface area contributed by atoms with Crippen LogP contribution in [-0.4, -0.2) is 25.7 Å². The molecule has 1 fully saturated rings. The number of hydrogen-bond acceptors (Lipinski definition) is 3. The largest absolute Gasteiger partial charge is 0.393 e. The molecule has 0 saturated carbocycles. The quantitative estimate of drug-likeness (QED) is 0.191. The molecular weight excluding hydrogens is 397 g/mol. The van der Waals surface area contributed by atoms with Gasteiger partial charge in [-0.2, -0.15) is 0 Å². The van der Waals surface area contributed by atoms with Crippen LogP contribution in [0.3, 0.4) is 0 Å². The van der Waals surface area contributed by atoms with E-state index >= 15 is 8.78 Å². The zero-order valence-corrected chi connectivity index (χ0v) is 21.5. The fourth-order valence-corrected chi connectivity index (χ4v) is 5.15. The lowest BCUT2D eigenvalue weighted by molar-refractivity contribution is -0.179. The van der Waals surface area contributed by atoms with Crippen LogP contribution in [0, 0.1) is 33.0 Å². The Morgan fingerprint density at radius 2 is 1.39 bits per heavy atom. The predicted octanol–water partition coefficient (Wildman–Crippen LogP) is 6.77. The Morgan fingerprint density at radius 1 is 0.968 bits per heavy atom. The highest BCUT2D eigenvalue weighted by Crippen LogP contribution is 2.65. The highest BCUT2D eigenvalue weighted by Gasteiger charge is 2.67. The van der Waals surface area contributed by atoms with Gasteiger partial charge in [-0.3, -0.25) is 9.59 Å². The number of cyclic esters (lactones) is 2. The van der Waals surface area contributed by atoms with Crippen LogP contribution in [0.5, 0.6) is 0 Å². The number of carbonyl (C=O) groups is 2. The fraction of sp³-hybridized carbons (Fsp3) is 0.840. The molecule has 3 nitrogen and oxygen atoms in total. The number of allylic oxidation sites excluding steroid dienone is 1. The molecule has 1 aliphatic rings. The van der Waals surface area contributed by atoms with Crippen molar-refractivity contribution in [3.05, 3.63) is 12.2 Å². The van der Waals surface area contributed by atoms with Gasteiger partial charge in [0.2, 0.25) is 0 Å². The van der Waals surface area contributed by atoms with Crippen LogP contribution in [0.4, 0.5) is 8.78 Å². The lowest BCUT2D eigenvalue weighted by Crippen LogP contribution is -2.56. The van der Waals surface area contributed by atoms with E-state index in [-0.39, 0.29) is 5.41 Å². The van der Waals surface area contributed by atoms with Gasteiger partial charge in [-0.05, 0) is 41.1 Å². The van der Waals surface area contributed by atoms with Crippen molar-refractivity contribution in [3.63, 3.8) is 0 Å². The first kappa shape index (κ1) is 27.8. The smallest absolute Gasteiger partial charge is 0.320 e. The maximum atomic E-state index is 16.2. The molecule has 0 aromatic heterocycles. The van der Waals surface area contributed by atoms with Crippen molar-refractivity contribution in [2.75, 3.05) is 0 Å². The number of rotatable bonds is 7. The minimum Gasteiger partial charge on any atom is -0.393 e. The van der Waals surface area contributed by atoms with E-state index in [9.17, 15) is 9.59 Å². The summed E-state index contributed by atoms with van der Waals surface area (Å²) in [5, 5.41) is -1.73. The summed E-state index contributed by atoms with van der Waals surface area (Å²) in [5.41, 5.74) is -4.88. The van der Waals surface area contributed by atoms with Gasteiger partial charge in [-0.1, -0.05) is 82.7 Å². The van der Waals surface area contributed by atoms with Crippen LogP contribution < -0.4 is 0 Å². The summed E-state index contributed by atoms with van der Waals surface area (Å²) >= 11 is 0. The lowest BCUT2D eigenvalue weighted by Gasteiger charge is -2.57. The first-order chi connectivity index (χ1) is 13.3. The molecule has 1 aliphatic heterocycles. The predicted molar refractivity (Wildman–Crippen MR) is 122 cm³/mol. The van der Waals surface area contributed by atoms with Crippen LogP contribution in [0.2, 0.25) is 5.31 Å². The lowest BCUT2D eigenvalue weighted by atomic mass is 9.47. The number of ether oxygens (including phenoxy) is 1. The molecule has 0 aromatic rings. The zero-order chi connectivity index (χ0) is 25.2. The van der Waals surface area contributed by atoms with Gasteiger partial charge < -0.3 is 4.74 Å². The second kappa shape index (κ2) is 7.41. The van der Waals surface area contributed by atoms with E-state index < -0.39 is 56.3 Å². The molecule has 0 aromatic carbocycles. The second-order valence-electron chi connectivity index (χ2n) is 12.8. The van der Waals surface area contributed by atoms with Crippen molar-refractivity contribution in [3.8, 4) is 0 Å². The fourth-order valence-electron chi connectivity index (χ4n) is 5.15. The molecule has 0 N–H and O–H groups in total. The third-order valence-corrected chi connectivity index (χ3v) is 8.92. The molecule has 3 unspecified atom stereocenters. The summed E-state index contributed by atoms with van der Waals surface area (Å²) in [5.74, 6) is -6.24. The van der Waals surface area contributed by atoms with E-state index in [4.69, 9.17) is 12.6 Å². The molecule has 0 aliphatic carbocycles. The van der Waals surface area contributed by atoms with Crippen molar-refractivity contribution in [2.45, 2.75) is 101 Å². The Morgan fingerprint density at radius 3 is 1.71 bits per heavy atom. The average Bonchev–Trinajstić information content (AvgIpc) is 2.70. The van der Waals surface area contributed by atoms with Gasteiger partial charge in [0.25, 0.3) is 5.92 Å². The number of hydrogen-bond donors (Lipinski definition) is 0. The van der Waals surface area contributed by atoms with Gasteiger partial charge >= 0.3 is 11.9 Å². The van der Waals surface area contributed by atoms with Crippen LogP contribution in [0.25, 0.3) is 0 Å². The SMILES string of the molecule is [B]C1(C)C(=O)OC(=O)C1(C)C(C)C(=C)C(F)(F)C(C)(C)C(C)(C)C(C)(C)CC(C)(C)C. The van der Waals surface area contributed by atoms with Crippen LogP contribution in [0.15, 0.2) is 12.2 Å². The molecule has 31 heavy (non-hydrogen) atoms. The second-order valence-corrected chi connectivity index (χ2v) is 12.8. The molecule has 1 saturated heterocycles. The van der Waals surface area contributed by atoms with Crippen LogP contribution >= 0.6 is 0 Å². The summed E-state index contributed by atoms with van der Waals surface area (Å²) < 4.78 is 37.2. The Bertz CT molecular complexity index is 772. The summed E-state index contributed by atoms with van der Waals surface area (Å²) in [6, 6.07) is 0. The van der Waals surface area contributed by atoms with E-state index in [0.717, 1.165) is 6.42 Å². The topological polar surface area (TPSA) is 43.4 Å². The van der Waals surface area contributed by atoms with Crippen molar-refractivity contribution >= 4 is 19.8 Å². The standard InChI is InChI=1S/C25H41BF2O3/c1-15(23(12)17(29)31-18(30)24(23,13)26)16(2)25(27,28)22(10,11)21(8,9)20(6,7)14-19(3,4)5/h15H,2,14H2,1,3-13H3. The van der Waals surface area contributed by atoms with Gasteiger partial charge in [0.1, 0.15) is 0 Å². The van der Waals surface area contributed by atoms with Crippen molar-refractivity contribution < 1.29 is 23.1 Å². The van der Waals surface area contributed by atoms with Crippen molar-refractivity contribution in [1.29, 1.82) is 0 Å². The molecule has 176 valence electrons. The Kier molecular flexibility index (Phi) is 6.66. The highest BCUT2D eigenvalue weighted by molar-refractivity contribution is 6.32. The van der Waals surface area contributed by atoms with Crippen molar-refractivity contribution in [2.24, 2.45) is 33.0 Å². The van der Waals surface area contributed by atoms with Crippen LogP contribution in [0.1, 0.15) is 89.5 Å². The van der Waals surface area contributed by atoms with E-state index in [1.807, 2.05) is 27.7 Å². The average molecular weight is 438 g/mol. The Labute approximate surface area is 189 Å². The maximum absolute atomic E-state index is 16.2. The molecule has 0 amide bonds. The molecule has 6 heteroatoms. The minimum atomic E-state index is -3.35. The number of esters is 2. The van der Waals surface area contributed by atoms with Gasteiger partial charge in [0.05, 0.1) is 13.3 Å². The maximum Gasteiger partial charge on any atom is 0.320 e. The number of carbonyl (C=O) groups excluding carboxylic acids is 2. The van der Waals surface area contributed by atoms with Gasteiger partial charge in [0.15, 0.2) is 0 Å². The highest BCUT2D eigenvalue weighted by atomic mass is 19.3. The molecule has 1 rings (SSSR count). The molecule has 3 atom stereocenters. The van der Waals surface area contributed by atoms with Crippen molar-refractivity contribution in [1.82, 2.24) is 0 Å². The summed E-state index contributed by atoms with van der Waals surface area (Å²) in [7, 11) is 6.12. The summed E-state index contributed by atoms with van der Waals surface area (Å²) in [6.45, 7) is 25.2. The number of alkyl halides is 2. The third-order valence-electron chi connectivity index (χ3n) is 8.92. The zero-order valence-electron chi connectivity index (χ0n) is 21.5. The Hall–Kier alpha value is -1.20. The van der Waals surface area contributed by atoms with E-state index in [0.29, 0.717) is 0 Å². The van der Waals surface area contributed by atoms with E-state index in [2.05, 4.69) is 27.4 Å². The minimum absolute atomic E-state index is 0.0424. The summed E-state index contributed by atoms with van der Waals surface area (Å²) in [6.07, 6.45) is 0.744. The molecule has 2 radical (unpaired) electrons. The molecule has 1 heterocycles. The molecule has 0 bridgehead atoms. The molecule has 0 spiro atoms. The third kappa shape index (κ3) is 3.90. The number of halogens is 2. The van der Waals surface area contributed by atoms with Crippen LogP contribution in [-0.2, 0) is 14.3 Å². The van der Waals surface area contributed by atoms with Gasteiger partial charge in [-0.25, -0.2) is 8.78 Å². The first-order valence-corrected chi connectivity index (χ1v) is 10.9.